The number of nitrogens with zero attached hydrogens (tertiary/aromatic N) is 3. The molecule has 0 radical (unpaired) electrons. The third kappa shape index (κ3) is 7.20. The number of carboxylic acid groups (broad SMARTS) is 2. The van der Waals surface area contributed by atoms with Crippen LogP contribution < -0.4 is 4.74 Å². The van der Waals surface area contributed by atoms with Crippen LogP contribution >= 0.6 is 11.7 Å². The number of fused-ring (bicyclic) bond motifs is 3. The molecule has 8 nitrogen and oxygen atoms in total. The lowest BCUT2D eigenvalue weighted by Crippen LogP contribution is -2.46. The zero-order valence-corrected chi connectivity index (χ0v) is 17.1. The van der Waals surface area contributed by atoms with Crippen molar-refractivity contribution in [3.63, 3.8) is 0 Å². The van der Waals surface area contributed by atoms with Crippen molar-refractivity contribution in [2.24, 2.45) is 5.92 Å². The molecule has 3 aliphatic heterocycles. The summed E-state index contributed by atoms with van der Waals surface area (Å²) < 4.78 is 14.8. The van der Waals surface area contributed by atoms with Crippen LogP contribution in [0.4, 0.5) is 0 Å². The van der Waals surface area contributed by atoms with Gasteiger partial charge in [-0.25, -0.2) is 9.59 Å². The van der Waals surface area contributed by atoms with Crippen molar-refractivity contribution in [1.29, 1.82) is 0 Å². The van der Waals surface area contributed by atoms with Gasteiger partial charge < -0.3 is 19.8 Å². The molecule has 0 aliphatic carbocycles. The van der Waals surface area contributed by atoms with Crippen molar-refractivity contribution >= 4 is 23.7 Å². The summed E-state index contributed by atoms with van der Waals surface area (Å²) in [4.78, 5) is 21.7. The molecule has 3 aliphatic rings. The van der Waals surface area contributed by atoms with Crippen LogP contribution in [0.3, 0.4) is 0 Å². The SMILES string of the molecule is CCCCCCOc1nsnc1C1CN2CCC1CC2.O=C(O)C=CC(=O)O. The Morgan fingerprint density at radius 1 is 1.14 bits per heavy atom. The van der Waals surface area contributed by atoms with Crippen molar-refractivity contribution < 1.29 is 24.5 Å². The van der Waals surface area contributed by atoms with Gasteiger partial charge in [0, 0.05) is 24.6 Å². The summed E-state index contributed by atoms with van der Waals surface area (Å²) in [5.41, 5.74) is 1.14. The normalized spacial score (nSPS) is 23.2. The number of aromatic nitrogens is 2. The molecule has 3 saturated heterocycles. The second-order valence-corrected chi connectivity index (χ2v) is 7.65. The molecule has 4 rings (SSSR count). The van der Waals surface area contributed by atoms with E-state index in [1.807, 2.05) is 0 Å². The molecule has 2 bridgehead atoms. The van der Waals surface area contributed by atoms with Gasteiger partial charge in [0.05, 0.1) is 18.3 Å². The summed E-state index contributed by atoms with van der Waals surface area (Å²) in [7, 11) is 0. The molecule has 0 saturated carbocycles. The summed E-state index contributed by atoms with van der Waals surface area (Å²) in [6.45, 7) is 6.72. The van der Waals surface area contributed by atoms with Gasteiger partial charge in [-0.3, -0.25) is 0 Å². The van der Waals surface area contributed by atoms with E-state index in [0.29, 0.717) is 18.1 Å². The Kier molecular flexibility index (Phi) is 9.36. The van der Waals surface area contributed by atoms with Gasteiger partial charge in [0.25, 0.3) is 0 Å². The van der Waals surface area contributed by atoms with Crippen molar-refractivity contribution in [2.45, 2.75) is 51.4 Å². The topological polar surface area (TPSA) is 113 Å². The number of hydrogen-bond donors (Lipinski definition) is 2. The molecule has 0 amide bonds. The fourth-order valence-corrected chi connectivity index (χ4v) is 4.19. The highest BCUT2D eigenvalue weighted by molar-refractivity contribution is 6.99. The molecule has 28 heavy (non-hydrogen) atoms. The molecule has 3 fully saturated rings. The highest BCUT2D eigenvalue weighted by atomic mass is 32.1. The van der Waals surface area contributed by atoms with Crippen LogP contribution in [0.2, 0.25) is 0 Å². The highest BCUT2D eigenvalue weighted by Gasteiger charge is 2.38. The molecular formula is C19H29N3O5S. The van der Waals surface area contributed by atoms with Crippen LogP contribution in [0.5, 0.6) is 5.88 Å². The van der Waals surface area contributed by atoms with Gasteiger partial charge in [-0.1, -0.05) is 26.2 Å². The first-order valence-corrected chi connectivity index (χ1v) is 10.6. The van der Waals surface area contributed by atoms with Crippen LogP contribution in [0.25, 0.3) is 0 Å². The van der Waals surface area contributed by atoms with E-state index in [0.717, 1.165) is 37.1 Å². The first-order valence-electron chi connectivity index (χ1n) is 9.82. The lowest BCUT2D eigenvalue weighted by Gasteiger charge is -2.44. The first-order chi connectivity index (χ1) is 13.5. The number of rotatable bonds is 9. The van der Waals surface area contributed by atoms with Crippen molar-refractivity contribution in [2.75, 3.05) is 26.2 Å². The van der Waals surface area contributed by atoms with Gasteiger partial charge in [0.2, 0.25) is 5.88 Å². The standard InChI is InChI=1S/C15H25N3OS.C4H4O4/c1-2-3-4-5-10-19-15-14(16-20-17-15)13-11-18-8-6-12(13)7-9-18;5-3(6)1-2-4(7)8/h12-13H,2-11H2,1H3;1-2H,(H,5,6)(H,7,8). The minimum atomic E-state index is -1.26. The van der Waals surface area contributed by atoms with Crippen molar-refractivity contribution in [3.8, 4) is 5.88 Å². The average molecular weight is 412 g/mol. The van der Waals surface area contributed by atoms with Gasteiger partial charge in [0.1, 0.15) is 5.69 Å². The van der Waals surface area contributed by atoms with Gasteiger partial charge in [-0.15, -0.1) is 4.37 Å². The monoisotopic (exact) mass is 411 g/mol. The quantitative estimate of drug-likeness (QED) is 0.471. The Bertz CT molecular complexity index is 640. The summed E-state index contributed by atoms with van der Waals surface area (Å²) in [6.07, 6.45) is 8.70. The molecule has 1 atom stereocenters. The predicted octanol–water partition coefficient (Wildman–Crippen LogP) is 3.02. The van der Waals surface area contributed by atoms with Crippen LogP contribution in [-0.2, 0) is 9.59 Å². The summed E-state index contributed by atoms with van der Waals surface area (Å²) in [6, 6.07) is 0. The van der Waals surface area contributed by atoms with Crippen LogP contribution in [0.15, 0.2) is 12.2 Å². The Balaban J connectivity index is 0.000000300. The number of hydrogen-bond acceptors (Lipinski definition) is 7. The van der Waals surface area contributed by atoms with Gasteiger partial charge in [0.15, 0.2) is 0 Å². The smallest absolute Gasteiger partial charge is 0.328 e. The van der Waals surface area contributed by atoms with Crippen LogP contribution in [0.1, 0.15) is 57.1 Å². The van der Waals surface area contributed by atoms with E-state index in [9.17, 15) is 9.59 Å². The number of carbonyl (C=O) groups is 2. The predicted molar refractivity (Wildman–Crippen MR) is 106 cm³/mol. The summed E-state index contributed by atoms with van der Waals surface area (Å²) in [5, 5.41) is 15.6. The van der Waals surface area contributed by atoms with E-state index >= 15 is 0 Å². The number of piperidine rings is 3. The second kappa shape index (κ2) is 11.8. The third-order valence-corrected chi connectivity index (χ3v) is 5.62. The molecule has 1 unspecified atom stereocenters. The Morgan fingerprint density at radius 2 is 1.82 bits per heavy atom. The van der Waals surface area contributed by atoms with Crippen LogP contribution in [0, 0.1) is 5.92 Å². The first kappa shape index (κ1) is 22.3. The van der Waals surface area contributed by atoms with E-state index in [1.165, 1.54) is 56.9 Å². The van der Waals surface area contributed by atoms with Crippen molar-refractivity contribution in [1.82, 2.24) is 13.6 Å². The maximum Gasteiger partial charge on any atom is 0.328 e. The molecular weight excluding hydrogens is 382 g/mol. The molecule has 2 N–H and O–H groups in total. The average Bonchev–Trinajstić information content (AvgIpc) is 3.16. The zero-order valence-electron chi connectivity index (χ0n) is 16.2. The minimum absolute atomic E-state index is 0.557. The second-order valence-electron chi connectivity index (χ2n) is 7.12. The zero-order chi connectivity index (χ0) is 20.4. The molecule has 9 heteroatoms. The van der Waals surface area contributed by atoms with Gasteiger partial charge >= 0.3 is 11.9 Å². The van der Waals surface area contributed by atoms with Gasteiger partial charge in [-0.2, -0.15) is 4.37 Å². The molecule has 0 aromatic carbocycles. The Morgan fingerprint density at radius 3 is 2.36 bits per heavy atom. The minimum Gasteiger partial charge on any atom is -0.478 e. The number of carboxylic acids is 2. The van der Waals surface area contributed by atoms with E-state index in [4.69, 9.17) is 14.9 Å². The summed E-state index contributed by atoms with van der Waals surface area (Å²) in [5.74, 6) is -0.335. The molecule has 4 heterocycles. The summed E-state index contributed by atoms with van der Waals surface area (Å²) >= 11 is 1.31. The lowest BCUT2D eigenvalue weighted by molar-refractivity contribution is -0.134. The molecule has 156 valence electrons. The molecule has 0 spiro atoms. The van der Waals surface area contributed by atoms with E-state index in [1.54, 1.807) is 0 Å². The largest absolute Gasteiger partial charge is 0.478 e. The fraction of sp³-hybridized carbons (Fsp3) is 0.684. The van der Waals surface area contributed by atoms with Crippen LogP contribution in [-0.4, -0.2) is 62.0 Å². The highest BCUT2D eigenvalue weighted by Crippen LogP contribution is 2.41. The Labute approximate surface area is 169 Å². The third-order valence-electron chi connectivity index (χ3n) is 5.09. The number of aliphatic carboxylic acids is 2. The van der Waals surface area contributed by atoms with Gasteiger partial charge in [-0.05, 0) is 38.3 Å². The maximum absolute atomic E-state index is 9.55. The Hall–Kier alpha value is -2.00. The number of unbranched alkanes of at least 4 members (excludes halogenated alkanes) is 3. The molecule has 1 aromatic rings. The van der Waals surface area contributed by atoms with E-state index in [-0.39, 0.29) is 0 Å². The van der Waals surface area contributed by atoms with Crippen molar-refractivity contribution in [3.05, 3.63) is 17.8 Å². The lowest BCUT2D eigenvalue weighted by atomic mass is 9.77. The maximum atomic E-state index is 9.55. The fourth-order valence-electron chi connectivity index (χ4n) is 3.63. The molecule has 1 aromatic heterocycles. The van der Waals surface area contributed by atoms with E-state index in [2.05, 4.69) is 20.6 Å². The van der Waals surface area contributed by atoms with E-state index < -0.39 is 11.9 Å². The number of ether oxygens (including phenoxy) is 1.